The minimum absolute atomic E-state index is 0.251. The second kappa shape index (κ2) is 4.30. The molecule has 0 atom stereocenters. The van der Waals surface area contributed by atoms with Crippen molar-refractivity contribution in [2.45, 2.75) is 13.8 Å². The van der Waals surface area contributed by atoms with Crippen LogP contribution in [0.2, 0.25) is 5.02 Å². The lowest BCUT2D eigenvalue weighted by Gasteiger charge is -2.08. The first-order chi connectivity index (χ1) is 8.00. The van der Waals surface area contributed by atoms with E-state index in [0.717, 1.165) is 0 Å². The van der Waals surface area contributed by atoms with Crippen LogP contribution in [0.25, 0.3) is 11.3 Å². The number of hydrogen-bond donors (Lipinski definition) is 1. The zero-order chi connectivity index (χ0) is 12.6. The average Bonchev–Trinajstić information content (AvgIpc) is 2.30. The topological polar surface area (TPSA) is 45.8 Å². The van der Waals surface area contributed by atoms with E-state index in [1.807, 2.05) is 0 Å². The molecule has 1 aromatic carbocycles. The summed E-state index contributed by atoms with van der Waals surface area (Å²) in [6, 6.07) is 4.04. The molecule has 2 rings (SSSR count). The number of H-pyrrole nitrogens is 1. The molecule has 0 amide bonds. The lowest BCUT2D eigenvalue weighted by atomic mass is 10.0. The van der Waals surface area contributed by atoms with E-state index in [0.29, 0.717) is 27.4 Å². The van der Waals surface area contributed by atoms with Gasteiger partial charge >= 0.3 is 0 Å². The third kappa shape index (κ3) is 2.08. The van der Waals surface area contributed by atoms with Crippen molar-refractivity contribution < 1.29 is 4.39 Å². The number of nitrogens with one attached hydrogen (secondary N) is 1. The second-order valence-electron chi connectivity index (χ2n) is 3.78. The van der Waals surface area contributed by atoms with Gasteiger partial charge in [-0.15, -0.1) is 0 Å². The molecule has 3 nitrogen and oxygen atoms in total. The monoisotopic (exact) mass is 252 g/mol. The lowest BCUT2D eigenvalue weighted by molar-refractivity contribution is 0.628. The number of halogens is 2. The Kier molecular flexibility index (Phi) is 2.98. The van der Waals surface area contributed by atoms with Crippen molar-refractivity contribution in [3.63, 3.8) is 0 Å². The summed E-state index contributed by atoms with van der Waals surface area (Å²) < 4.78 is 13.2. The Morgan fingerprint density at radius 1 is 1.29 bits per heavy atom. The van der Waals surface area contributed by atoms with Crippen molar-refractivity contribution in [2.75, 3.05) is 0 Å². The Morgan fingerprint density at radius 2 is 2.00 bits per heavy atom. The van der Waals surface area contributed by atoms with E-state index in [2.05, 4.69) is 10.2 Å². The smallest absolute Gasteiger partial charge is 0.267 e. The number of aromatic nitrogens is 2. The molecule has 0 radical (unpaired) electrons. The van der Waals surface area contributed by atoms with Crippen LogP contribution < -0.4 is 5.56 Å². The molecule has 0 bridgehead atoms. The molecule has 17 heavy (non-hydrogen) atoms. The zero-order valence-corrected chi connectivity index (χ0v) is 10.1. The van der Waals surface area contributed by atoms with Crippen LogP contribution in [0.1, 0.15) is 11.1 Å². The van der Waals surface area contributed by atoms with E-state index in [1.54, 1.807) is 13.8 Å². The Labute approximate surface area is 102 Å². The van der Waals surface area contributed by atoms with Gasteiger partial charge in [0.25, 0.3) is 5.56 Å². The van der Waals surface area contributed by atoms with Crippen LogP contribution in [-0.2, 0) is 0 Å². The Hall–Kier alpha value is -1.68. The van der Waals surface area contributed by atoms with Crippen LogP contribution >= 0.6 is 11.6 Å². The van der Waals surface area contributed by atoms with E-state index in [-0.39, 0.29) is 5.56 Å². The highest BCUT2D eigenvalue weighted by atomic mass is 35.5. The number of hydrogen-bond acceptors (Lipinski definition) is 2. The van der Waals surface area contributed by atoms with Crippen LogP contribution in [-0.4, -0.2) is 10.2 Å². The minimum Gasteiger partial charge on any atom is -0.268 e. The molecule has 0 aliphatic carbocycles. The molecular formula is C12H10ClFN2O. The van der Waals surface area contributed by atoms with Crippen molar-refractivity contribution >= 4 is 11.6 Å². The number of rotatable bonds is 1. The zero-order valence-electron chi connectivity index (χ0n) is 9.34. The van der Waals surface area contributed by atoms with Gasteiger partial charge in [-0.2, -0.15) is 5.10 Å². The molecule has 1 aromatic heterocycles. The van der Waals surface area contributed by atoms with Gasteiger partial charge in [-0.25, -0.2) is 9.49 Å². The van der Waals surface area contributed by atoms with Crippen LogP contribution in [0.4, 0.5) is 4.39 Å². The standard InChI is InChI=1S/C12H10ClFN2O/c1-6-7(2)12(17)16-15-11(6)9-5-8(14)3-4-10(9)13/h3-5H,1-2H3,(H,16,17). The average molecular weight is 253 g/mol. The first-order valence-electron chi connectivity index (χ1n) is 5.02. The highest BCUT2D eigenvalue weighted by molar-refractivity contribution is 6.33. The van der Waals surface area contributed by atoms with Gasteiger partial charge < -0.3 is 0 Å². The summed E-state index contributed by atoms with van der Waals surface area (Å²) in [4.78, 5) is 11.4. The molecular weight excluding hydrogens is 243 g/mol. The molecule has 0 saturated heterocycles. The summed E-state index contributed by atoms with van der Waals surface area (Å²) in [7, 11) is 0. The van der Waals surface area contributed by atoms with Crippen LogP contribution in [0, 0.1) is 19.7 Å². The fourth-order valence-corrected chi connectivity index (χ4v) is 1.77. The van der Waals surface area contributed by atoms with Crippen LogP contribution in [0.5, 0.6) is 0 Å². The summed E-state index contributed by atoms with van der Waals surface area (Å²) in [5.74, 6) is -0.394. The second-order valence-corrected chi connectivity index (χ2v) is 4.18. The predicted octanol–water partition coefficient (Wildman–Crippen LogP) is 2.85. The molecule has 88 valence electrons. The number of aromatic amines is 1. The first-order valence-corrected chi connectivity index (χ1v) is 5.40. The van der Waals surface area contributed by atoms with Crippen molar-refractivity contribution in [3.8, 4) is 11.3 Å². The third-order valence-electron chi connectivity index (χ3n) is 2.71. The highest BCUT2D eigenvalue weighted by Crippen LogP contribution is 2.29. The maximum absolute atomic E-state index is 13.2. The molecule has 1 N–H and O–H groups in total. The van der Waals surface area contributed by atoms with Gasteiger partial charge in [-0.1, -0.05) is 11.6 Å². The number of benzene rings is 1. The molecule has 0 unspecified atom stereocenters. The predicted molar refractivity (Wildman–Crippen MR) is 64.7 cm³/mol. The normalized spacial score (nSPS) is 10.6. The van der Waals surface area contributed by atoms with Crippen LogP contribution in [0.3, 0.4) is 0 Å². The minimum atomic E-state index is -0.394. The van der Waals surface area contributed by atoms with Crippen molar-refractivity contribution in [2.24, 2.45) is 0 Å². The molecule has 2 aromatic rings. The molecule has 0 aliphatic heterocycles. The van der Waals surface area contributed by atoms with E-state index in [4.69, 9.17) is 11.6 Å². The third-order valence-corrected chi connectivity index (χ3v) is 3.04. The van der Waals surface area contributed by atoms with Crippen molar-refractivity contribution in [1.29, 1.82) is 0 Å². The van der Waals surface area contributed by atoms with Crippen LogP contribution in [0.15, 0.2) is 23.0 Å². The summed E-state index contributed by atoms with van der Waals surface area (Å²) in [5, 5.41) is 6.69. The Morgan fingerprint density at radius 3 is 2.71 bits per heavy atom. The molecule has 0 spiro atoms. The maximum atomic E-state index is 13.2. The number of nitrogens with zero attached hydrogens (tertiary/aromatic N) is 1. The van der Waals surface area contributed by atoms with E-state index < -0.39 is 5.82 Å². The Bertz CT molecular complexity index is 637. The fourth-order valence-electron chi connectivity index (χ4n) is 1.56. The summed E-state index contributed by atoms with van der Waals surface area (Å²) in [5.41, 5.74) is 1.96. The highest BCUT2D eigenvalue weighted by Gasteiger charge is 2.12. The van der Waals surface area contributed by atoms with Gasteiger partial charge in [0.05, 0.1) is 10.7 Å². The van der Waals surface area contributed by atoms with Gasteiger partial charge in [0, 0.05) is 11.1 Å². The SMILES string of the molecule is Cc1c(-c2cc(F)ccc2Cl)n[nH]c(=O)c1C. The van der Waals surface area contributed by atoms with Gasteiger partial charge in [-0.3, -0.25) is 4.79 Å². The van der Waals surface area contributed by atoms with E-state index in [1.165, 1.54) is 18.2 Å². The summed E-state index contributed by atoms with van der Waals surface area (Å²) in [6.07, 6.45) is 0. The molecule has 5 heteroatoms. The van der Waals surface area contributed by atoms with Gasteiger partial charge in [-0.05, 0) is 37.6 Å². The largest absolute Gasteiger partial charge is 0.268 e. The lowest BCUT2D eigenvalue weighted by Crippen LogP contribution is -2.14. The molecule has 1 heterocycles. The Balaban J connectivity index is 2.73. The van der Waals surface area contributed by atoms with Gasteiger partial charge in [0.1, 0.15) is 5.82 Å². The van der Waals surface area contributed by atoms with Crippen molar-refractivity contribution in [1.82, 2.24) is 10.2 Å². The summed E-state index contributed by atoms with van der Waals surface area (Å²) >= 11 is 6.00. The van der Waals surface area contributed by atoms with Crippen molar-refractivity contribution in [3.05, 3.63) is 50.5 Å². The van der Waals surface area contributed by atoms with E-state index in [9.17, 15) is 9.18 Å². The van der Waals surface area contributed by atoms with E-state index >= 15 is 0 Å². The maximum Gasteiger partial charge on any atom is 0.267 e. The molecule has 0 fully saturated rings. The summed E-state index contributed by atoms with van der Waals surface area (Å²) in [6.45, 7) is 3.45. The van der Waals surface area contributed by atoms with Gasteiger partial charge in [0.2, 0.25) is 0 Å². The molecule has 0 aliphatic rings. The first kappa shape index (κ1) is 11.8. The quantitative estimate of drug-likeness (QED) is 0.848. The molecule has 0 saturated carbocycles. The fraction of sp³-hybridized carbons (Fsp3) is 0.167. The van der Waals surface area contributed by atoms with Gasteiger partial charge in [0.15, 0.2) is 0 Å².